The number of benzene rings is 2. The van der Waals surface area contributed by atoms with Crippen molar-refractivity contribution in [3.05, 3.63) is 86.2 Å². The fraction of sp³-hybridized carbons (Fsp3) is 0. The molecule has 0 saturated carbocycles. The minimum Gasteiger partial charge on any atom is -0.422 e. The number of halogens is 3. The molecule has 0 unspecified atom stereocenters. The molecule has 0 spiro atoms. The van der Waals surface area contributed by atoms with E-state index in [0.29, 0.717) is 26.6 Å². The molecule has 0 radical (unpaired) electrons. The molecular weight excluding hydrogens is 371 g/mol. The Morgan fingerprint density at radius 1 is 1.00 bits per heavy atom. The number of rotatable bonds is 3. The third-order valence-corrected chi connectivity index (χ3v) is 4.23. The molecule has 0 aliphatic rings. The zero-order valence-corrected chi connectivity index (χ0v) is 14.3. The molecule has 0 atom stereocenters. The normalized spacial score (nSPS) is 11.7. The van der Waals surface area contributed by atoms with Crippen LogP contribution in [0.4, 0.5) is 0 Å². The summed E-state index contributed by atoms with van der Waals surface area (Å²) < 4.78 is 5.15. The van der Waals surface area contributed by atoms with Gasteiger partial charge in [-0.25, -0.2) is 4.79 Å². The van der Waals surface area contributed by atoms with Gasteiger partial charge in [0, 0.05) is 27.1 Å². The second kappa shape index (κ2) is 6.81. The highest BCUT2D eigenvalue weighted by Crippen LogP contribution is 2.27. The van der Waals surface area contributed by atoms with E-state index in [4.69, 9.17) is 39.2 Å². The quantitative estimate of drug-likeness (QED) is 0.340. The summed E-state index contributed by atoms with van der Waals surface area (Å²) in [7, 11) is 0. The van der Waals surface area contributed by atoms with Crippen molar-refractivity contribution in [1.82, 2.24) is 0 Å². The highest BCUT2D eigenvalue weighted by atomic mass is 35.5. The first-order valence-corrected chi connectivity index (χ1v) is 7.99. The van der Waals surface area contributed by atoms with E-state index in [1.807, 2.05) is 0 Å². The van der Waals surface area contributed by atoms with Crippen LogP contribution in [0.5, 0.6) is 0 Å². The van der Waals surface area contributed by atoms with Crippen LogP contribution in [0.1, 0.15) is 15.9 Å². The molecule has 0 fully saturated rings. The SMILES string of the molecule is O=C(/C=C(\Cl)c1ccccc1Cl)c1cc2cc(Cl)ccc2oc1=O. The molecule has 0 bridgehead atoms. The Balaban J connectivity index is 2.05. The Kier molecular flexibility index (Phi) is 4.76. The number of allylic oxidation sites excluding steroid dienone is 1. The second-order valence-electron chi connectivity index (χ2n) is 4.97. The summed E-state index contributed by atoms with van der Waals surface area (Å²) in [6.07, 6.45) is 1.14. The first-order valence-electron chi connectivity index (χ1n) is 6.85. The lowest BCUT2D eigenvalue weighted by atomic mass is 10.1. The topological polar surface area (TPSA) is 47.3 Å². The molecular formula is C18H9Cl3O3. The van der Waals surface area contributed by atoms with Crippen LogP contribution in [0.15, 0.2) is 63.8 Å². The minimum absolute atomic E-state index is 0.130. The molecule has 1 heterocycles. The number of carbonyl (C=O) groups excluding carboxylic acids is 1. The Morgan fingerprint density at radius 2 is 1.75 bits per heavy atom. The minimum atomic E-state index is -0.741. The third-order valence-electron chi connectivity index (χ3n) is 3.35. The maximum Gasteiger partial charge on any atom is 0.347 e. The summed E-state index contributed by atoms with van der Waals surface area (Å²) in [5.41, 5.74) is -0.0193. The summed E-state index contributed by atoms with van der Waals surface area (Å²) in [6.45, 7) is 0. The van der Waals surface area contributed by atoms with Gasteiger partial charge in [-0.05, 0) is 30.3 Å². The summed E-state index contributed by atoms with van der Waals surface area (Å²) in [4.78, 5) is 24.4. The van der Waals surface area contributed by atoms with E-state index in [9.17, 15) is 9.59 Å². The fourth-order valence-corrected chi connectivity index (χ4v) is 2.92. The zero-order valence-electron chi connectivity index (χ0n) is 12.1. The maximum atomic E-state index is 12.4. The lowest BCUT2D eigenvalue weighted by Crippen LogP contribution is -2.12. The molecule has 1 aromatic heterocycles. The molecule has 0 amide bonds. The van der Waals surface area contributed by atoms with Gasteiger partial charge in [-0.15, -0.1) is 0 Å². The van der Waals surface area contributed by atoms with Gasteiger partial charge in [-0.1, -0.05) is 53.0 Å². The highest BCUT2D eigenvalue weighted by Gasteiger charge is 2.14. The van der Waals surface area contributed by atoms with Gasteiger partial charge in [0.15, 0.2) is 5.78 Å². The number of hydrogen-bond acceptors (Lipinski definition) is 3. The van der Waals surface area contributed by atoms with Gasteiger partial charge in [0.1, 0.15) is 11.1 Å². The van der Waals surface area contributed by atoms with Gasteiger partial charge in [0.25, 0.3) is 0 Å². The van der Waals surface area contributed by atoms with E-state index in [1.165, 1.54) is 6.07 Å². The van der Waals surface area contributed by atoms with Crippen molar-refractivity contribution >= 4 is 56.6 Å². The van der Waals surface area contributed by atoms with E-state index < -0.39 is 11.4 Å². The average molecular weight is 380 g/mol. The molecule has 0 aliphatic heterocycles. The molecule has 3 aromatic rings. The van der Waals surface area contributed by atoms with Crippen LogP contribution in [0, 0.1) is 0 Å². The van der Waals surface area contributed by atoms with Crippen LogP contribution in [0.3, 0.4) is 0 Å². The highest BCUT2D eigenvalue weighted by molar-refractivity contribution is 6.52. The Bertz CT molecular complexity index is 1040. The number of fused-ring (bicyclic) bond motifs is 1. The average Bonchev–Trinajstić information content (AvgIpc) is 2.54. The van der Waals surface area contributed by atoms with E-state index >= 15 is 0 Å². The summed E-state index contributed by atoms with van der Waals surface area (Å²) in [5, 5.41) is 1.56. The van der Waals surface area contributed by atoms with E-state index in [0.717, 1.165) is 6.08 Å². The van der Waals surface area contributed by atoms with E-state index in [2.05, 4.69) is 0 Å². The molecule has 120 valence electrons. The third kappa shape index (κ3) is 3.39. The summed E-state index contributed by atoms with van der Waals surface area (Å²) >= 11 is 18.1. The van der Waals surface area contributed by atoms with Gasteiger partial charge in [0.05, 0.1) is 5.03 Å². The van der Waals surface area contributed by atoms with Crippen molar-refractivity contribution in [2.75, 3.05) is 0 Å². The monoisotopic (exact) mass is 378 g/mol. The predicted molar refractivity (Wildman–Crippen MR) is 97.1 cm³/mol. The lowest BCUT2D eigenvalue weighted by Gasteiger charge is -2.03. The molecule has 0 N–H and O–H groups in total. The lowest BCUT2D eigenvalue weighted by molar-refractivity contribution is 0.104. The van der Waals surface area contributed by atoms with Crippen LogP contribution in [0.2, 0.25) is 10.0 Å². The molecule has 0 aliphatic carbocycles. The van der Waals surface area contributed by atoms with Crippen molar-refractivity contribution in [1.29, 1.82) is 0 Å². The number of hydrogen-bond donors (Lipinski definition) is 0. The van der Waals surface area contributed by atoms with Gasteiger partial charge < -0.3 is 4.42 Å². The molecule has 24 heavy (non-hydrogen) atoms. The standard InChI is InChI=1S/C18H9Cl3O3/c19-11-5-6-17-10(7-11)8-13(18(23)24-17)16(22)9-15(21)12-3-1-2-4-14(12)20/h1-9H/b15-9-. The Hall–Kier alpha value is -2.07. The molecule has 2 aromatic carbocycles. The fourth-order valence-electron chi connectivity index (χ4n) is 2.19. The van der Waals surface area contributed by atoms with E-state index in [-0.39, 0.29) is 10.6 Å². The van der Waals surface area contributed by atoms with Gasteiger partial charge in [0.2, 0.25) is 0 Å². The first-order chi connectivity index (χ1) is 11.5. The van der Waals surface area contributed by atoms with Crippen molar-refractivity contribution in [3.63, 3.8) is 0 Å². The molecule has 6 heteroatoms. The van der Waals surface area contributed by atoms with Gasteiger partial charge >= 0.3 is 5.63 Å². The predicted octanol–water partition coefficient (Wildman–Crippen LogP) is 5.56. The Morgan fingerprint density at radius 3 is 2.50 bits per heavy atom. The van der Waals surface area contributed by atoms with Crippen LogP contribution in [-0.4, -0.2) is 5.78 Å². The molecule has 0 saturated heterocycles. The van der Waals surface area contributed by atoms with Crippen molar-refractivity contribution in [2.45, 2.75) is 0 Å². The smallest absolute Gasteiger partial charge is 0.347 e. The van der Waals surface area contributed by atoms with Crippen molar-refractivity contribution in [2.24, 2.45) is 0 Å². The number of carbonyl (C=O) groups is 1. The summed E-state index contributed by atoms with van der Waals surface area (Å²) in [5.74, 6) is -0.574. The molecule has 3 nitrogen and oxygen atoms in total. The van der Waals surface area contributed by atoms with Gasteiger partial charge in [-0.3, -0.25) is 4.79 Å². The number of ketones is 1. The van der Waals surface area contributed by atoms with Crippen molar-refractivity contribution < 1.29 is 9.21 Å². The zero-order chi connectivity index (χ0) is 17.3. The van der Waals surface area contributed by atoms with Crippen LogP contribution >= 0.6 is 34.8 Å². The van der Waals surface area contributed by atoms with Gasteiger partial charge in [-0.2, -0.15) is 0 Å². The van der Waals surface area contributed by atoms with E-state index in [1.54, 1.807) is 42.5 Å². The first kappa shape index (κ1) is 16.8. The van der Waals surface area contributed by atoms with Crippen LogP contribution in [0.25, 0.3) is 16.0 Å². The summed E-state index contributed by atoms with van der Waals surface area (Å²) in [6, 6.07) is 13.0. The molecule has 3 rings (SSSR count). The largest absolute Gasteiger partial charge is 0.422 e. The second-order valence-corrected chi connectivity index (χ2v) is 6.22. The van der Waals surface area contributed by atoms with Crippen molar-refractivity contribution in [3.8, 4) is 0 Å². The maximum absolute atomic E-state index is 12.4. The van der Waals surface area contributed by atoms with Crippen LogP contribution in [-0.2, 0) is 0 Å². The van der Waals surface area contributed by atoms with Crippen LogP contribution < -0.4 is 5.63 Å². The Labute approximate surface area is 152 Å².